The number of carbonyl (C=O) groups excluding carboxylic acids is 1. The van der Waals surface area contributed by atoms with Crippen LogP contribution in [-0.4, -0.2) is 41.4 Å². The fourth-order valence-corrected chi connectivity index (χ4v) is 3.03. The lowest BCUT2D eigenvalue weighted by molar-refractivity contribution is -0.111. The molecule has 0 radical (unpaired) electrons. The predicted octanol–water partition coefficient (Wildman–Crippen LogP) is 4.06. The number of hydrogen-bond acceptors (Lipinski definition) is 6. The average Bonchev–Trinajstić information content (AvgIpc) is 2.68. The van der Waals surface area contributed by atoms with Gasteiger partial charge in [0, 0.05) is 34.4 Å². The molecule has 0 aliphatic heterocycles. The zero-order valence-corrected chi connectivity index (χ0v) is 17.6. The number of pyridine rings is 2. The molecular formula is C21H19BrN6O. The first-order valence-electron chi connectivity index (χ1n) is 8.80. The van der Waals surface area contributed by atoms with Crippen molar-refractivity contribution in [2.75, 3.05) is 31.3 Å². The lowest BCUT2D eigenvalue weighted by Gasteiger charge is -2.12. The van der Waals surface area contributed by atoms with E-state index < -0.39 is 0 Å². The van der Waals surface area contributed by atoms with Crippen molar-refractivity contribution in [3.05, 3.63) is 64.9 Å². The molecule has 0 saturated carbocycles. The highest BCUT2D eigenvalue weighted by Crippen LogP contribution is 2.30. The first-order valence-corrected chi connectivity index (χ1v) is 9.59. The number of fused-ring (bicyclic) bond motifs is 1. The molecule has 2 heterocycles. The Kier molecular flexibility index (Phi) is 6.54. The number of amides is 1. The predicted molar refractivity (Wildman–Crippen MR) is 118 cm³/mol. The van der Waals surface area contributed by atoms with Gasteiger partial charge in [0.2, 0.25) is 5.91 Å². The van der Waals surface area contributed by atoms with Crippen LogP contribution in [0.4, 0.5) is 17.2 Å². The van der Waals surface area contributed by atoms with E-state index in [0.29, 0.717) is 34.5 Å². The van der Waals surface area contributed by atoms with Gasteiger partial charge in [-0.3, -0.25) is 9.78 Å². The zero-order chi connectivity index (χ0) is 20.8. The number of halogens is 1. The third kappa shape index (κ3) is 5.38. The van der Waals surface area contributed by atoms with Gasteiger partial charge in [-0.15, -0.1) is 0 Å². The standard InChI is InChI=1S/C21H19BrN6O/c1-28(2)8-4-7-20(29)27-19-10-17-18(13-25-19)24-12-14(11-23)21(17)26-16-6-3-5-15(22)9-16/h3-7,9-10,12-13H,8H2,1-2H3,(H,24,26)(H,25,27,29)/b7-4+. The summed E-state index contributed by atoms with van der Waals surface area (Å²) in [5, 5.41) is 16.2. The minimum atomic E-state index is -0.274. The molecule has 2 N–H and O–H groups in total. The minimum absolute atomic E-state index is 0.274. The zero-order valence-electron chi connectivity index (χ0n) is 16.0. The molecule has 7 nitrogen and oxygen atoms in total. The molecule has 0 atom stereocenters. The number of hydrogen-bond donors (Lipinski definition) is 2. The summed E-state index contributed by atoms with van der Waals surface area (Å²) >= 11 is 3.44. The summed E-state index contributed by atoms with van der Waals surface area (Å²) in [6.45, 7) is 0.661. The maximum absolute atomic E-state index is 12.1. The van der Waals surface area contributed by atoms with Crippen LogP contribution >= 0.6 is 15.9 Å². The summed E-state index contributed by atoms with van der Waals surface area (Å²) in [5.41, 5.74) is 2.43. The lowest BCUT2D eigenvalue weighted by atomic mass is 10.1. The van der Waals surface area contributed by atoms with Gasteiger partial charge in [-0.2, -0.15) is 5.26 Å². The Morgan fingerprint density at radius 1 is 1.28 bits per heavy atom. The summed E-state index contributed by atoms with van der Waals surface area (Å²) in [4.78, 5) is 22.6. The quantitative estimate of drug-likeness (QED) is 0.549. The highest BCUT2D eigenvalue weighted by atomic mass is 79.9. The largest absolute Gasteiger partial charge is 0.354 e. The molecule has 2 aromatic heterocycles. The lowest BCUT2D eigenvalue weighted by Crippen LogP contribution is -2.13. The molecule has 0 aliphatic carbocycles. The summed E-state index contributed by atoms with van der Waals surface area (Å²) in [6.07, 6.45) is 6.32. The van der Waals surface area contributed by atoms with Gasteiger partial charge in [-0.1, -0.05) is 28.1 Å². The first kappa shape index (κ1) is 20.5. The summed E-state index contributed by atoms with van der Waals surface area (Å²) in [6, 6.07) is 11.5. The van der Waals surface area contributed by atoms with Crippen LogP contribution in [-0.2, 0) is 4.79 Å². The molecule has 146 valence electrons. The van der Waals surface area contributed by atoms with E-state index in [1.165, 1.54) is 12.3 Å². The molecule has 3 aromatic rings. The van der Waals surface area contributed by atoms with Crippen LogP contribution < -0.4 is 10.6 Å². The first-order chi connectivity index (χ1) is 14.0. The molecule has 3 rings (SSSR count). The second kappa shape index (κ2) is 9.28. The molecule has 0 bridgehead atoms. The second-order valence-corrected chi connectivity index (χ2v) is 7.45. The smallest absolute Gasteiger partial charge is 0.249 e. The minimum Gasteiger partial charge on any atom is -0.354 e. The van der Waals surface area contributed by atoms with E-state index in [-0.39, 0.29) is 5.91 Å². The van der Waals surface area contributed by atoms with Crippen molar-refractivity contribution in [2.45, 2.75) is 0 Å². The summed E-state index contributed by atoms with van der Waals surface area (Å²) < 4.78 is 0.915. The molecule has 0 saturated heterocycles. The Hall–Kier alpha value is -3.28. The van der Waals surface area contributed by atoms with Gasteiger partial charge in [0.1, 0.15) is 11.9 Å². The number of aromatic nitrogens is 2. The van der Waals surface area contributed by atoms with E-state index in [4.69, 9.17) is 0 Å². The van der Waals surface area contributed by atoms with E-state index in [1.54, 1.807) is 18.3 Å². The molecule has 0 fully saturated rings. The van der Waals surface area contributed by atoms with Crippen molar-refractivity contribution < 1.29 is 4.79 Å². The van der Waals surface area contributed by atoms with Crippen molar-refractivity contribution in [3.63, 3.8) is 0 Å². The fraction of sp³-hybridized carbons (Fsp3) is 0.143. The van der Waals surface area contributed by atoms with Crippen molar-refractivity contribution in [3.8, 4) is 6.07 Å². The van der Waals surface area contributed by atoms with Crippen LogP contribution in [0.25, 0.3) is 10.9 Å². The molecule has 0 unspecified atom stereocenters. The number of nitrogens with zero attached hydrogens (tertiary/aromatic N) is 4. The van der Waals surface area contributed by atoms with Gasteiger partial charge in [-0.25, -0.2) is 4.98 Å². The number of benzene rings is 1. The summed E-state index contributed by atoms with van der Waals surface area (Å²) in [7, 11) is 3.85. The number of carbonyl (C=O) groups is 1. The van der Waals surface area contributed by atoms with Crippen molar-refractivity contribution in [1.82, 2.24) is 14.9 Å². The molecule has 0 spiro atoms. The molecule has 8 heteroatoms. The molecule has 29 heavy (non-hydrogen) atoms. The van der Waals surface area contributed by atoms with Gasteiger partial charge >= 0.3 is 0 Å². The van der Waals surface area contributed by atoms with E-state index in [9.17, 15) is 10.1 Å². The van der Waals surface area contributed by atoms with Crippen LogP contribution in [0.1, 0.15) is 5.56 Å². The highest BCUT2D eigenvalue weighted by molar-refractivity contribution is 9.10. The van der Waals surface area contributed by atoms with Gasteiger partial charge in [0.15, 0.2) is 0 Å². The van der Waals surface area contributed by atoms with Crippen molar-refractivity contribution in [1.29, 1.82) is 5.26 Å². The van der Waals surface area contributed by atoms with Crippen LogP contribution in [0.3, 0.4) is 0 Å². The topological polar surface area (TPSA) is 93.9 Å². The van der Waals surface area contributed by atoms with Crippen molar-refractivity contribution in [2.24, 2.45) is 0 Å². The highest BCUT2D eigenvalue weighted by Gasteiger charge is 2.12. The Labute approximate surface area is 177 Å². The van der Waals surface area contributed by atoms with Crippen LogP contribution in [0.2, 0.25) is 0 Å². The number of anilines is 3. The van der Waals surface area contributed by atoms with Gasteiger partial charge in [0.05, 0.1) is 23.0 Å². The van der Waals surface area contributed by atoms with E-state index in [0.717, 1.165) is 10.2 Å². The SMILES string of the molecule is CN(C)C/C=C/C(=O)Nc1cc2c(Nc3cccc(Br)c3)c(C#N)cnc2cn1. The van der Waals surface area contributed by atoms with Gasteiger partial charge in [0.25, 0.3) is 0 Å². The third-order valence-corrected chi connectivity index (χ3v) is 4.45. The number of likely N-dealkylation sites (N-methyl/N-ethyl adjacent to an activating group) is 1. The molecule has 1 amide bonds. The average molecular weight is 451 g/mol. The maximum atomic E-state index is 12.1. The Morgan fingerprint density at radius 3 is 2.83 bits per heavy atom. The summed E-state index contributed by atoms with van der Waals surface area (Å²) in [5.74, 6) is 0.107. The normalized spacial score (nSPS) is 11.0. The van der Waals surface area contributed by atoms with Gasteiger partial charge < -0.3 is 15.5 Å². The number of nitriles is 1. The Morgan fingerprint density at radius 2 is 2.10 bits per heavy atom. The van der Waals surface area contributed by atoms with Crippen LogP contribution in [0.5, 0.6) is 0 Å². The molecule has 0 aliphatic rings. The Bertz CT molecular complexity index is 1120. The van der Waals surface area contributed by atoms with Crippen LogP contribution in [0, 0.1) is 11.3 Å². The van der Waals surface area contributed by atoms with Crippen LogP contribution in [0.15, 0.2) is 59.4 Å². The van der Waals surface area contributed by atoms with E-state index in [1.807, 2.05) is 43.3 Å². The second-order valence-electron chi connectivity index (χ2n) is 6.53. The number of rotatable bonds is 6. The van der Waals surface area contributed by atoms with Crippen molar-refractivity contribution >= 4 is 49.9 Å². The molecular weight excluding hydrogens is 432 g/mol. The monoisotopic (exact) mass is 450 g/mol. The number of nitrogens with one attached hydrogen (secondary N) is 2. The van der Waals surface area contributed by atoms with E-state index >= 15 is 0 Å². The van der Waals surface area contributed by atoms with E-state index in [2.05, 4.69) is 42.6 Å². The Balaban J connectivity index is 1.95. The third-order valence-electron chi connectivity index (χ3n) is 3.96. The maximum Gasteiger partial charge on any atom is 0.249 e. The van der Waals surface area contributed by atoms with Gasteiger partial charge in [-0.05, 0) is 38.4 Å². The molecule has 1 aromatic carbocycles. The fourth-order valence-electron chi connectivity index (χ4n) is 2.63.